The van der Waals surface area contributed by atoms with E-state index in [2.05, 4.69) is 41.9 Å². The Labute approximate surface area is 130 Å². The summed E-state index contributed by atoms with van der Waals surface area (Å²) in [5, 5.41) is 9.04. The second-order valence-corrected chi connectivity index (χ2v) is 6.86. The van der Waals surface area contributed by atoms with Gasteiger partial charge in [-0.3, -0.25) is 0 Å². The second kappa shape index (κ2) is 7.46. The number of hydrogen-bond acceptors (Lipinski definition) is 2. The molecule has 0 amide bonds. The minimum absolute atomic E-state index is 0.314. The Morgan fingerprint density at radius 1 is 1.30 bits per heavy atom. The maximum absolute atomic E-state index is 9.04. The predicted octanol–water partition coefficient (Wildman–Crippen LogP) is 4.71. The second-order valence-electron chi connectivity index (χ2n) is 6.01. The van der Waals surface area contributed by atoms with Crippen LogP contribution in [0.5, 0.6) is 5.75 Å². The van der Waals surface area contributed by atoms with E-state index < -0.39 is 0 Å². The Bertz CT molecular complexity index is 425. The number of hydrogen-bond donors (Lipinski definition) is 1. The first kappa shape index (κ1) is 15.8. The summed E-state index contributed by atoms with van der Waals surface area (Å²) in [4.78, 5) is 0. The van der Waals surface area contributed by atoms with Crippen molar-refractivity contribution in [2.24, 2.45) is 11.8 Å². The molecule has 1 unspecified atom stereocenters. The zero-order valence-electron chi connectivity index (χ0n) is 12.4. The molecule has 0 saturated heterocycles. The molecule has 0 spiro atoms. The standard InChI is InChI=1S/C17H25BrO2/c1-12(10-11-19)14-6-8-15(9-7-14)20-17-5-3-4-16(18)13(17)2/h3-5,12,14-15,19H,6-11H2,1-2H3. The summed E-state index contributed by atoms with van der Waals surface area (Å²) in [7, 11) is 0. The Morgan fingerprint density at radius 3 is 2.65 bits per heavy atom. The fraction of sp³-hybridized carbons (Fsp3) is 0.647. The zero-order valence-corrected chi connectivity index (χ0v) is 14.0. The van der Waals surface area contributed by atoms with E-state index in [9.17, 15) is 0 Å². The lowest BCUT2D eigenvalue weighted by Gasteiger charge is -2.32. The highest BCUT2D eigenvalue weighted by molar-refractivity contribution is 9.10. The van der Waals surface area contributed by atoms with E-state index in [0.717, 1.165) is 35.4 Å². The van der Waals surface area contributed by atoms with Crippen molar-refractivity contribution in [3.8, 4) is 5.75 Å². The fourth-order valence-electron chi connectivity index (χ4n) is 3.11. The molecule has 1 aromatic rings. The van der Waals surface area contributed by atoms with E-state index >= 15 is 0 Å². The number of ether oxygens (including phenoxy) is 1. The third kappa shape index (κ3) is 3.98. The van der Waals surface area contributed by atoms with Gasteiger partial charge in [-0.25, -0.2) is 0 Å². The summed E-state index contributed by atoms with van der Waals surface area (Å²) in [6, 6.07) is 6.14. The highest BCUT2D eigenvalue weighted by atomic mass is 79.9. The lowest BCUT2D eigenvalue weighted by atomic mass is 9.78. The van der Waals surface area contributed by atoms with Gasteiger partial charge in [-0.05, 0) is 63.0 Å². The largest absolute Gasteiger partial charge is 0.490 e. The van der Waals surface area contributed by atoms with E-state index in [0.29, 0.717) is 18.6 Å². The van der Waals surface area contributed by atoms with Gasteiger partial charge in [0.2, 0.25) is 0 Å². The molecular formula is C17H25BrO2. The monoisotopic (exact) mass is 340 g/mol. The molecule has 1 aromatic carbocycles. The Kier molecular flexibility index (Phi) is 5.91. The first-order chi connectivity index (χ1) is 9.61. The van der Waals surface area contributed by atoms with E-state index in [1.165, 1.54) is 18.4 Å². The van der Waals surface area contributed by atoms with Crippen LogP contribution in [-0.2, 0) is 0 Å². The Hall–Kier alpha value is -0.540. The molecule has 1 N–H and O–H groups in total. The van der Waals surface area contributed by atoms with Crippen molar-refractivity contribution in [2.75, 3.05) is 6.61 Å². The van der Waals surface area contributed by atoms with Crippen molar-refractivity contribution in [1.29, 1.82) is 0 Å². The molecule has 112 valence electrons. The van der Waals surface area contributed by atoms with Crippen molar-refractivity contribution >= 4 is 15.9 Å². The summed E-state index contributed by atoms with van der Waals surface area (Å²) in [5.41, 5.74) is 1.18. The Balaban J connectivity index is 1.87. The molecular weight excluding hydrogens is 316 g/mol. The molecule has 2 rings (SSSR count). The number of aliphatic hydroxyl groups excluding tert-OH is 1. The van der Waals surface area contributed by atoms with Crippen LogP contribution >= 0.6 is 15.9 Å². The van der Waals surface area contributed by atoms with Crippen molar-refractivity contribution in [3.63, 3.8) is 0 Å². The number of halogens is 1. The van der Waals surface area contributed by atoms with Crippen LogP contribution in [0.1, 0.15) is 44.6 Å². The molecule has 1 saturated carbocycles. The molecule has 1 atom stereocenters. The lowest BCUT2D eigenvalue weighted by molar-refractivity contribution is 0.105. The van der Waals surface area contributed by atoms with Gasteiger partial charge in [-0.1, -0.05) is 28.9 Å². The smallest absolute Gasteiger partial charge is 0.123 e. The van der Waals surface area contributed by atoms with Crippen molar-refractivity contribution in [1.82, 2.24) is 0 Å². The average Bonchev–Trinajstić information content (AvgIpc) is 2.45. The van der Waals surface area contributed by atoms with E-state index in [1.807, 2.05) is 6.07 Å². The summed E-state index contributed by atoms with van der Waals surface area (Å²) in [5.74, 6) is 2.39. The first-order valence-electron chi connectivity index (χ1n) is 7.64. The van der Waals surface area contributed by atoms with E-state index in [1.54, 1.807) is 0 Å². The van der Waals surface area contributed by atoms with Crippen molar-refractivity contribution in [2.45, 2.75) is 52.1 Å². The molecule has 1 aliphatic rings. The minimum atomic E-state index is 0.314. The van der Waals surface area contributed by atoms with Gasteiger partial charge >= 0.3 is 0 Å². The van der Waals surface area contributed by atoms with Crippen LogP contribution in [0.3, 0.4) is 0 Å². The molecule has 20 heavy (non-hydrogen) atoms. The summed E-state index contributed by atoms with van der Waals surface area (Å²) < 4.78 is 7.29. The Morgan fingerprint density at radius 2 is 2.00 bits per heavy atom. The summed E-state index contributed by atoms with van der Waals surface area (Å²) >= 11 is 3.55. The fourth-order valence-corrected chi connectivity index (χ4v) is 3.46. The molecule has 1 aliphatic carbocycles. The maximum atomic E-state index is 9.04. The maximum Gasteiger partial charge on any atom is 0.123 e. The topological polar surface area (TPSA) is 29.5 Å². The van der Waals surface area contributed by atoms with Crippen LogP contribution in [0.2, 0.25) is 0 Å². The van der Waals surface area contributed by atoms with Crippen molar-refractivity contribution < 1.29 is 9.84 Å². The molecule has 0 bridgehead atoms. The third-order valence-electron chi connectivity index (χ3n) is 4.62. The number of benzene rings is 1. The van der Waals surface area contributed by atoms with E-state index in [4.69, 9.17) is 9.84 Å². The highest BCUT2D eigenvalue weighted by Gasteiger charge is 2.26. The molecule has 0 heterocycles. The number of rotatable bonds is 5. The molecule has 0 radical (unpaired) electrons. The predicted molar refractivity (Wildman–Crippen MR) is 86.1 cm³/mol. The van der Waals surface area contributed by atoms with Gasteiger partial charge in [0.25, 0.3) is 0 Å². The molecule has 3 heteroatoms. The van der Waals surface area contributed by atoms with Gasteiger partial charge in [-0.2, -0.15) is 0 Å². The van der Waals surface area contributed by atoms with Crippen LogP contribution in [0, 0.1) is 18.8 Å². The van der Waals surface area contributed by atoms with Crippen LogP contribution in [-0.4, -0.2) is 17.8 Å². The molecule has 0 aromatic heterocycles. The third-order valence-corrected chi connectivity index (χ3v) is 5.48. The SMILES string of the molecule is Cc1c(Br)cccc1OC1CCC(C(C)CCO)CC1. The van der Waals surface area contributed by atoms with Gasteiger partial charge in [0.15, 0.2) is 0 Å². The van der Waals surface area contributed by atoms with Crippen LogP contribution in [0.25, 0.3) is 0 Å². The van der Waals surface area contributed by atoms with Crippen molar-refractivity contribution in [3.05, 3.63) is 28.2 Å². The first-order valence-corrected chi connectivity index (χ1v) is 8.43. The highest BCUT2D eigenvalue weighted by Crippen LogP contribution is 2.34. The van der Waals surface area contributed by atoms with Gasteiger partial charge < -0.3 is 9.84 Å². The summed E-state index contributed by atoms with van der Waals surface area (Å²) in [6.07, 6.45) is 5.98. The zero-order chi connectivity index (χ0) is 14.5. The van der Waals surface area contributed by atoms with Gasteiger partial charge in [0.1, 0.15) is 5.75 Å². The van der Waals surface area contributed by atoms with Crippen LogP contribution in [0.4, 0.5) is 0 Å². The van der Waals surface area contributed by atoms with Crippen LogP contribution in [0.15, 0.2) is 22.7 Å². The van der Waals surface area contributed by atoms with Gasteiger partial charge in [0, 0.05) is 16.6 Å². The van der Waals surface area contributed by atoms with E-state index in [-0.39, 0.29) is 0 Å². The lowest BCUT2D eigenvalue weighted by Crippen LogP contribution is -2.27. The molecule has 1 fully saturated rings. The molecule has 0 aliphatic heterocycles. The normalized spacial score (nSPS) is 24.4. The van der Waals surface area contributed by atoms with Crippen LogP contribution < -0.4 is 4.74 Å². The average molecular weight is 341 g/mol. The summed E-state index contributed by atoms with van der Waals surface area (Å²) in [6.45, 7) is 4.67. The minimum Gasteiger partial charge on any atom is -0.490 e. The number of aliphatic hydroxyl groups is 1. The van der Waals surface area contributed by atoms with Gasteiger partial charge in [0.05, 0.1) is 6.10 Å². The van der Waals surface area contributed by atoms with Gasteiger partial charge in [-0.15, -0.1) is 0 Å². The quantitative estimate of drug-likeness (QED) is 0.840. The molecule has 2 nitrogen and oxygen atoms in total.